The van der Waals surface area contributed by atoms with E-state index in [1.165, 1.54) is 25.3 Å². The third-order valence-electron chi connectivity index (χ3n) is 2.88. The summed E-state index contributed by atoms with van der Waals surface area (Å²) in [5, 5.41) is 13.1. The van der Waals surface area contributed by atoms with Gasteiger partial charge in [0.2, 0.25) is 5.96 Å². The van der Waals surface area contributed by atoms with Crippen molar-refractivity contribution >= 4 is 23.2 Å². The summed E-state index contributed by atoms with van der Waals surface area (Å²) < 4.78 is 5.00. The molecule has 0 aromatic heterocycles. The number of nitro groups is 1. The van der Waals surface area contributed by atoms with Gasteiger partial charge in [-0.15, -0.1) is 0 Å². The molecule has 8 heteroatoms. The Labute approximate surface area is 131 Å². The Balaban J connectivity index is 2.10. The zero-order chi connectivity index (χ0) is 16.8. The molecule has 118 valence electrons. The van der Waals surface area contributed by atoms with Gasteiger partial charge in [0, 0.05) is 17.7 Å². The monoisotopic (exact) mass is 314 g/mol. The van der Waals surface area contributed by atoms with E-state index in [4.69, 9.17) is 10.5 Å². The van der Waals surface area contributed by atoms with Gasteiger partial charge >= 0.3 is 0 Å². The number of nitrogens with one attached hydrogen (secondary N) is 1. The number of methoxy groups -OCH3 is 1. The van der Waals surface area contributed by atoms with Crippen LogP contribution in [-0.4, -0.2) is 23.9 Å². The van der Waals surface area contributed by atoms with Crippen molar-refractivity contribution in [3.63, 3.8) is 0 Å². The zero-order valence-corrected chi connectivity index (χ0v) is 12.2. The molecule has 8 nitrogen and oxygen atoms in total. The highest BCUT2D eigenvalue weighted by Gasteiger charge is 2.08. The average molecular weight is 314 g/mol. The number of aliphatic imine (C=N–C) groups is 1. The summed E-state index contributed by atoms with van der Waals surface area (Å²) in [5.74, 6) is 0.0189. The quantitative estimate of drug-likeness (QED) is 0.387. The number of hydrogen-bond donors (Lipinski definition) is 2. The van der Waals surface area contributed by atoms with Gasteiger partial charge in [-0.05, 0) is 30.3 Å². The first-order chi connectivity index (χ1) is 11.0. The summed E-state index contributed by atoms with van der Waals surface area (Å²) in [4.78, 5) is 26.1. The van der Waals surface area contributed by atoms with Crippen molar-refractivity contribution in [1.29, 1.82) is 0 Å². The van der Waals surface area contributed by atoms with Crippen LogP contribution in [-0.2, 0) is 0 Å². The maximum Gasteiger partial charge on any atom is 0.271 e. The van der Waals surface area contributed by atoms with E-state index in [9.17, 15) is 14.9 Å². The number of amides is 1. The van der Waals surface area contributed by atoms with Gasteiger partial charge in [0.05, 0.1) is 17.7 Å². The number of carbonyl (C=O) groups is 1. The first-order valence-corrected chi connectivity index (χ1v) is 6.53. The molecule has 3 N–H and O–H groups in total. The molecular weight excluding hydrogens is 300 g/mol. The molecule has 0 aliphatic heterocycles. The fourth-order valence-corrected chi connectivity index (χ4v) is 1.77. The second-order valence-electron chi connectivity index (χ2n) is 4.46. The summed E-state index contributed by atoms with van der Waals surface area (Å²) in [6.07, 6.45) is 0. The molecule has 0 unspecified atom stereocenters. The van der Waals surface area contributed by atoms with Crippen molar-refractivity contribution in [2.75, 3.05) is 7.11 Å². The molecule has 2 aromatic carbocycles. The summed E-state index contributed by atoms with van der Waals surface area (Å²) in [6.45, 7) is 0. The summed E-state index contributed by atoms with van der Waals surface area (Å²) in [5.41, 5.74) is 6.19. The standard InChI is InChI=1S/C15H14N4O4/c1-23-13-7-5-10(6-8-13)14(20)18-15(16)17-11-3-2-4-12(9-11)19(21)22/h2-9H,1H3,(H3,16,17,18,20). The molecule has 0 atom stereocenters. The van der Waals surface area contributed by atoms with Crippen LogP contribution in [0.1, 0.15) is 10.4 Å². The maximum atomic E-state index is 12.0. The molecule has 0 saturated carbocycles. The number of ether oxygens (including phenoxy) is 1. The lowest BCUT2D eigenvalue weighted by molar-refractivity contribution is -0.384. The van der Waals surface area contributed by atoms with E-state index in [2.05, 4.69) is 10.3 Å². The number of nitro benzene ring substituents is 1. The predicted octanol–water partition coefficient (Wildman–Crippen LogP) is 1.98. The number of hydrogen-bond acceptors (Lipinski definition) is 5. The SMILES string of the molecule is COc1ccc(C(=O)NC(N)=Nc2cccc([N+](=O)[O-])c2)cc1. The smallest absolute Gasteiger partial charge is 0.271 e. The van der Waals surface area contributed by atoms with Crippen molar-refractivity contribution in [3.05, 3.63) is 64.2 Å². The van der Waals surface area contributed by atoms with Gasteiger partial charge in [-0.25, -0.2) is 4.99 Å². The minimum atomic E-state index is -0.537. The Hall–Kier alpha value is -3.42. The van der Waals surface area contributed by atoms with Crippen LogP contribution in [0.15, 0.2) is 53.5 Å². The molecule has 0 radical (unpaired) electrons. The Morgan fingerprint density at radius 1 is 1.26 bits per heavy atom. The van der Waals surface area contributed by atoms with Crippen LogP contribution in [0.5, 0.6) is 5.75 Å². The number of nitrogens with two attached hydrogens (primary N) is 1. The van der Waals surface area contributed by atoms with Gasteiger partial charge in [-0.3, -0.25) is 20.2 Å². The first-order valence-electron chi connectivity index (χ1n) is 6.53. The second-order valence-corrected chi connectivity index (χ2v) is 4.46. The number of nitrogens with zero attached hydrogens (tertiary/aromatic N) is 2. The third-order valence-corrected chi connectivity index (χ3v) is 2.88. The Morgan fingerprint density at radius 3 is 2.57 bits per heavy atom. The number of benzene rings is 2. The lowest BCUT2D eigenvalue weighted by Gasteiger charge is -2.05. The minimum Gasteiger partial charge on any atom is -0.497 e. The molecule has 0 aliphatic rings. The Bertz CT molecular complexity index is 756. The van der Waals surface area contributed by atoms with E-state index in [0.29, 0.717) is 11.3 Å². The second kappa shape index (κ2) is 7.03. The molecule has 0 fully saturated rings. The van der Waals surface area contributed by atoms with Gasteiger partial charge in [0.15, 0.2) is 0 Å². The summed E-state index contributed by atoms with van der Waals surface area (Å²) in [7, 11) is 1.53. The van der Waals surface area contributed by atoms with E-state index in [1.54, 1.807) is 30.3 Å². The number of rotatable bonds is 4. The first kappa shape index (κ1) is 16.0. The van der Waals surface area contributed by atoms with Crippen LogP contribution >= 0.6 is 0 Å². The van der Waals surface area contributed by atoms with Gasteiger partial charge in [-0.1, -0.05) is 6.07 Å². The molecule has 23 heavy (non-hydrogen) atoms. The molecule has 0 bridgehead atoms. The van der Waals surface area contributed by atoms with Crippen LogP contribution < -0.4 is 15.8 Å². The molecular formula is C15H14N4O4. The fourth-order valence-electron chi connectivity index (χ4n) is 1.77. The summed E-state index contributed by atoms with van der Waals surface area (Å²) >= 11 is 0. The van der Waals surface area contributed by atoms with Crippen LogP contribution in [0.4, 0.5) is 11.4 Å². The van der Waals surface area contributed by atoms with Gasteiger partial charge in [0.1, 0.15) is 5.75 Å². The molecule has 0 spiro atoms. The van der Waals surface area contributed by atoms with Crippen molar-refractivity contribution in [2.45, 2.75) is 0 Å². The Morgan fingerprint density at radius 2 is 1.96 bits per heavy atom. The number of carbonyl (C=O) groups excluding carboxylic acids is 1. The molecule has 0 saturated heterocycles. The van der Waals surface area contributed by atoms with E-state index < -0.39 is 10.8 Å². The van der Waals surface area contributed by atoms with Crippen molar-refractivity contribution in [1.82, 2.24) is 5.32 Å². The lowest BCUT2D eigenvalue weighted by atomic mass is 10.2. The highest BCUT2D eigenvalue weighted by atomic mass is 16.6. The highest BCUT2D eigenvalue weighted by molar-refractivity contribution is 6.05. The van der Waals surface area contributed by atoms with Crippen LogP contribution in [0, 0.1) is 10.1 Å². The van der Waals surface area contributed by atoms with Crippen molar-refractivity contribution in [3.8, 4) is 5.75 Å². The molecule has 2 rings (SSSR count). The zero-order valence-electron chi connectivity index (χ0n) is 12.2. The molecule has 0 aliphatic carbocycles. The van der Waals surface area contributed by atoms with Gasteiger partial charge in [-0.2, -0.15) is 0 Å². The van der Waals surface area contributed by atoms with E-state index in [-0.39, 0.29) is 17.3 Å². The fraction of sp³-hybridized carbons (Fsp3) is 0.0667. The van der Waals surface area contributed by atoms with E-state index in [0.717, 1.165) is 0 Å². The normalized spacial score (nSPS) is 10.9. The molecule has 2 aromatic rings. The van der Waals surface area contributed by atoms with Crippen LogP contribution in [0.25, 0.3) is 0 Å². The highest BCUT2D eigenvalue weighted by Crippen LogP contribution is 2.19. The van der Waals surface area contributed by atoms with Crippen molar-refractivity contribution in [2.24, 2.45) is 10.7 Å². The van der Waals surface area contributed by atoms with Gasteiger partial charge in [0.25, 0.3) is 11.6 Å². The average Bonchev–Trinajstić information content (AvgIpc) is 2.55. The van der Waals surface area contributed by atoms with Gasteiger partial charge < -0.3 is 10.5 Å². The molecule has 0 heterocycles. The largest absolute Gasteiger partial charge is 0.497 e. The predicted molar refractivity (Wildman–Crippen MR) is 84.8 cm³/mol. The topological polar surface area (TPSA) is 120 Å². The number of non-ortho nitro benzene ring substituents is 1. The van der Waals surface area contributed by atoms with E-state index >= 15 is 0 Å². The third kappa shape index (κ3) is 4.27. The van der Waals surface area contributed by atoms with Crippen molar-refractivity contribution < 1.29 is 14.5 Å². The van der Waals surface area contributed by atoms with Crippen LogP contribution in [0.3, 0.4) is 0 Å². The molecule has 1 amide bonds. The summed E-state index contributed by atoms with van der Waals surface area (Å²) in [6, 6.07) is 12.1. The van der Waals surface area contributed by atoms with Crippen LogP contribution in [0.2, 0.25) is 0 Å². The maximum absolute atomic E-state index is 12.0. The number of guanidine groups is 1. The minimum absolute atomic E-state index is 0.111. The Kier molecular flexibility index (Phi) is 4.88. The van der Waals surface area contributed by atoms with E-state index in [1.807, 2.05) is 0 Å². The lowest BCUT2D eigenvalue weighted by Crippen LogP contribution is -2.36.